The summed E-state index contributed by atoms with van der Waals surface area (Å²) in [5.41, 5.74) is 1.92. The van der Waals surface area contributed by atoms with E-state index in [0.717, 1.165) is 5.56 Å². The van der Waals surface area contributed by atoms with Gasteiger partial charge in [0, 0.05) is 0 Å². The van der Waals surface area contributed by atoms with Crippen LogP contribution in [0.25, 0.3) is 0 Å². The smallest absolute Gasteiger partial charge is 0.115 e. The summed E-state index contributed by atoms with van der Waals surface area (Å²) >= 11 is 0. The van der Waals surface area contributed by atoms with Crippen molar-refractivity contribution in [3.05, 3.63) is 35.4 Å². The van der Waals surface area contributed by atoms with Crippen LogP contribution in [0.5, 0.6) is 0 Å². The quantitative estimate of drug-likeness (QED) is 0.580. The van der Waals surface area contributed by atoms with E-state index in [1.54, 1.807) is 12.1 Å². The number of alkyl halides is 1. The molecule has 0 N–H and O–H groups in total. The summed E-state index contributed by atoms with van der Waals surface area (Å²) in [7, 11) is 0. The van der Waals surface area contributed by atoms with E-state index < -0.39 is 0 Å². The second-order valence-electron chi connectivity index (χ2n) is 2.12. The molecule has 11 heavy (non-hydrogen) atoms. The van der Waals surface area contributed by atoms with Crippen LogP contribution in [-0.2, 0) is 6.67 Å². The average molecular weight is 154 g/mol. The molecule has 0 unspecified atom stereocenters. The molecule has 0 aromatic heterocycles. The van der Waals surface area contributed by atoms with Crippen LogP contribution in [0.1, 0.15) is 25.0 Å². The van der Waals surface area contributed by atoms with Gasteiger partial charge >= 0.3 is 0 Å². The van der Waals surface area contributed by atoms with E-state index in [0.29, 0.717) is 0 Å². The highest BCUT2D eigenvalue weighted by atomic mass is 19.1. The Labute approximate surface area is 68.1 Å². The number of halogens is 1. The van der Waals surface area contributed by atoms with E-state index in [-0.39, 0.29) is 6.67 Å². The van der Waals surface area contributed by atoms with Crippen molar-refractivity contribution in [2.24, 2.45) is 0 Å². The van der Waals surface area contributed by atoms with Crippen molar-refractivity contribution in [1.29, 1.82) is 0 Å². The van der Waals surface area contributed by atoms with Crippen molar-refractivity contribution in [1.82, 2.24) is 0 Å². The molecule has 1 aromatic carbocycles. The van der Waals surface area contributed by atoms with Crippen LogP contribution in [-0.4, -0.2) is 0 Å². The fraction of sp³-hybridized carbons (Fsp3) is 0.400. The first-order chi connectivity index (χ1) is 5.33. The van der Waals surface area contributed by atoms with E-state index in [9.17, 15) is 4.39 Å². The molecule has 1 aromatic rings. The van der Waals surface area contributed by atoms with Crippen LogP contribution in [0, 0.1) is 6.92 Å². The molecule has 0 heterocycles. The monoisotopic (exact) mass is 154 g/mol. The molecule has 0 saturated carbocycles. The average Bonchev–Trinajstić information content (AvgIpc) is 2.10. The van der Waals surface area contributed by atoms with Crippen LogP contribution < -0.4 is 0 Å². The summed E-state index contributed by atoms with van der Waals surface area (Å²) in [6.45, 7) is 5.63. The zero-order valence-corrected chi connectivity index (χ0v) is 7.39. The highest BCUT2D eigenvalue weighted by Crippen LogP contribution is 2.03. The number of benzene rings is 1. The summed E-state index contributed by atoms with van der Waals surface area (Å²) in [6.07, 6.45) is 0. The summed E-state index contributed by atoms with van der Waals surface area (Å²) in [6, 6.07) is 7.43. The highest BCUT2D eigenvalue weighted by molar-refractivity contribution is 5.20. The molecule has 62 valence electrons. The van der Waals surface area contributed by atoms with Gasteiger partial charge in [-0.3, -0.25) is 0 Å². The van der Waals surface area contributed by atoms with Gasteiger partial charge in [0.25, 0.3) is 0 Å². The second kappa shape index (κ2) is 5.90. The van der Waals surface area contributed by atoms with Gasteiger partial charge in [0.1, 0.15) is 6.67 Å². The third kappa shape index (κ3) is 3.76. The topological polar surface area (TPSA) is 0 Å². The largest absolute Gasteiger partial charge is 0.246 e. The molecular formula is C10H15F. The van der Waals surface area contributed by atoms with Crippen molar-refractivity contribution >= 4 is 0 Å². The maximum absolute atomic E-state index is 11.9. The van der Waals surface area contributed by atoms with Crippen molar-refractivity contribution in [2.45, 2.75) is 27.4 Å². The molecule has 1 heteroatoms. The fourth-order valence-corrected chi connectivity index (χ4v) is 0.677. The Kier molecular flexibility index (Phi) is 5.44. The van der Waals surface area contributed by atoms with E-state index in [1.807, 2.05) is 32.9 Å². The Morgan fingerprint density at radius 3 is 1.91 bits per heavy atom. The van der Waals surface area contributed by atoms with Crippen LogP contribution in [0.15, 0.2) is 24.3 Å². The predicted molar refractivity (Wildman–Crippen MR) is 47.3 cm³/mol. The summed E-state index contributed by atoms with van der Waals surface area (Å²) in [5, 5.41) is 0. The number of aryl methyl sites for hydroxylation is 1. The third-order valence-corrected chi connectivity index (χ3v) is 1.27. The summed E-state index contributed by atoms with van der Waals surface area (Å²) in [4.78, 5) is 0. The first-order valence-electron chi connectivity index (χ1n) is 3.94. The Balaban J connectivity index is 0.000000461. The number of hydrogen-bond acceptors (Lipinski definition) is 0. The minimum atomic E-state index is -0.361. The number of hydrogen-bond donors (Lipinski definition) is 0. The van der Waals surface area contributed by atoms with Gasteiger partial charge in [0.2, 0.25) is 0 Å². The minimum Gasteiger partial charge on any atom is -0.246 e. The van der Waals surface area contributed by atoms with Crippen LogP contribution in [0.3, 0.4) is 0 Å². The van der Waals surface area contributed by atoms with Gasteiger partial charge in [0.05, 0.1) is 0 Å². The Hall–Kier alpha value is -0.850. The minimum absolute atomic E-state index is 0.361. The third-order valence-electron chi connectivity index (χ3n) is 1.27. The molecule has 0 spiro atoms. The molecule has 0 fully saturated rings. The van der Waals surface area contributed by atoms with Gasteiger partial charge < -0.3 is 0 Å². The molecule has 0 amide bonds. The second-order valence-corrected chi connectivity index (χ2v) is 2.12. The lowest BCUT2D eigenvalue weighted by atomic mass is 10.2. The molecule has 1 rings (SSSR count). The van der Waals surface area contributed by atoms with E-state index >= 15 is 0 Å². The SMILES string of the molecule is CC.Cc1ccc(CF)cc1. The predicted octanol–water partition coefficient (Wildman–Crippen LogP) is 3.49. The standard InChI is InChI=1S/C8H9F.C2H6/c1-7-2-4-8(6-9)5-3-7;1-2/h2-5H,6H2,1H3;1-2H3. The normalized spacial score (nSPS) is 8.36. The van der Waals surface area contributed by atoms with Gasteiger partial charge in [-0.25, -0.2) is 4.39 Å². The molecular weight excluding hydrogens is 139 g/mol. The van der Waals surface area contributed by atoms with Crippen molar-refractivity contribution in [3.63, 3.8) is 0 Å². The lowest BCUT2D eigenvalue weighted by molar-refractivity contribution is 0.485. The van der Waals surface area contributed by atoms with E-state index in [4.69, 9.17) is 0 Å². The van der Waals surface area contributed by atoms with Gasteiger partial charge in [-0.15, -0.1) is 0 Å². The lowest BCUT2D eigenvalue weighted by Crippen LogP contribution is -1.76. The first-order valence-corrected chi connectivity index (χ1v) is 3.94. The lowest BCUT2D eigenvalue weighted by Gasteiger charge is -1.92. The maximum atomic E-state index is 11.9. The Morgan fingerprint density at radius 2 is 1.55 bits per heavy atom. The molecule has 0 aliphatic rings. The van der Waals surface area contributed by atoms with Gasteiger partial charge in [-0.2, -0.15) is 0 Å². The van der Waals surface area contributed by atoms with E-state index in [2.05, 4.69) is 0 Å². The molecule has 0 bridgehead atoms. The van der Waals surface area contributed by atoms with Crippen molar-refractivity contribution < 1.29 is 4.39 Å². The Bertz CT molecular complexity index is 177. The molecule has 0 nitrogen and oxygen atoms in total. The first kappa shape index (κ1) is 10.2. The van der Waals surface area contributed by atoms with Crippen LogP contribution in [0.4, 0.5) is 4.39 Å². The Morgan fingerprint density at radius 1 is 1.09 bits per heavy atom. The molecule has 0 atom stereocenters. The van der Waals surface area contributed by atoms with Crippen LogP contribution in [0.2, 0.25) is 0 Å². The zero-order valence-electron chi connectivity index (χ0n) is 7.39. The molecule has 0 aliphatic carbocycles. The van der Waals surface area contributed by atoms with E-state index in [1.165, 1.54) is 5.56 Å². The highest BCUT2D eigenvalue weighted by Gasteiger charge is 1.87. The fourth-order valence-electron chi connectivity index (χ4n) is 0.677. The van der Waals surface area contributed by atoms with Crippen molar-refractivity contribution in [2.75, 3.05) is 0 Å². The van der Waals surface area contributed by atoms with Gasteiger partial charge in [-0.1, -0.05) is 43.7 Å². The van der Waals surface area contributed by atoms with Crippen molar-refractivity contribution in [3.8, 4) is 0 Å². The summed E-state index contributed by atoms with van der Waals surface area (Å²) < 4.78 is 11.9. The number of rotatable bonds is 1. The summed E-state index contributed by atoms with van der Waals surface area (Å²) in [5.74, 6) is 0. The molecule has 0 aliphatic heterocycles. The molecule has 0 saturated heterocycles. The molecule has 0 radical (unpaired) electrons. The zero-order chi connectivity index (χ0) is 8.69. The van der Waals surface area contributed by atoms with Gasteiger partial charge in [-0.05, 0) is 12.5 Å². The maximum Gasteiger partial charge on any atom is 0.115 e. The van der Waals surface area contributed by atoms with Gasteiger partial charge in [0.15, 0.2) is 0 Å². The van der Waals surface area contributed by atoms with Crippen LogP contribution >= 0.6 is 0 Å².